The molecule has 31 heavy (non-hydrogen) atoms. The van der Waals surface area contributed by atoms with Crippen LogP contribution in [0.25, 0.3) is 0 Å². The minimum atomic E-state index is -0.133. The van der Waals surface area contributed by atoms with Crippen molar-refractivity contribution in [3.05, 3.63) is 90.0 Å². The average Bonchev–Trinajstić information content (AvgIpc) is 2.75. The topological polar surface area (TPSA) is 70.2 Å². The van der Waals surface area contributed by atoms with E-state index in [0.717, 1.165) is 22.6 Å². The third-order valence-electron chi connectivity index (χ3n) is 4.62. The molecule has 3 rings (SSSR count). The monoisotopic (exact) mass is 433 g/mol. The second-order valence-corrected chi connectivity index (χ2v) is 8.30. The van der Waals surface area contributed by atoms with Crippen molar-refractivity contribution in [2.24, 2.45) is 0 Å². The fraction of sp³-hybridized carbons (Fsp3) is 0.200. The zero-order valence-corrected chi connectivity index (χ0v) is 18.5. The van der Waals surface area contributed by atoms with Crippen molar-refractivity contribution in [2.45, 2.75) is 19.9 Å². The average molecular weight is 434 g/mol. The SMILES string of the molecule is Cc1cccc(NC(=O)CSCC(=O)Nc2ccc(NC(C)c3ccccc3)cc2)c1. The predicted molar refractivity (Wildman–Crippen MR) is 131 cm³/mol. The number of anilines is 3. The Morgan fingerprint density at radius 3 is 2.03 bits per heavy atom. The molecule has 6 heteroatoms. The van der Waals surface area contributed by atoms with E-state index >= 15 is 0 Å². The van der Waals surface area contributed by atoms with Gasteiger partial charge in [-0.3, -0.25) is 9.59 Å². The molecule has 3 aromatic carbocycles. The largest absolute Gasteiger partial charge is 0.379 e. The van der Waals surface area contributed by atoms with Crippen molar-refractivity contribution in [3.63, 3.8) is 0 Å². The lowest BCUT2D eigenvalue weighted by Crippen LogP contribution is -2.18. The van der Waals surface area contributed by atoms with E-state index in [4.69, 9.17) is 0 Å². The predicted octanol–water partition coefficient (Wildman–Crippen LogP) is 5.48. The molecule has 0 radical (unpaired) electrons. The van der Waals surface area contributed by atoms with Gasteiger partial charge in [0.05, 0.1) is 11.5 Å². The quantitative estimate of drug-likeness (QED) is 0.418. The number of hydrogen-bond donors (Lipinski definition) is 3. The van der Waals surface area contributed by atoms with Crippen LogP contribution < -0.4 is 16.0 Å². The van der Waals surface area contributed by atoms with E-state index in [1.807, 2.05) is 73.7 Å². The van der Waals surface area contributed by atoms with E-state index in [1.165, 1.54) is 17.3 Å². The van der Waals surface area contributed by atoms with Crippen molar-refractivity contribution in [1.82, 2.24) is 0 Å². The van der Waals surface area contributed by atoms with Gasteiger partial charge in [0, 0.05) is 23.1 Å². The normalized spacial score (nSPS) is 11.4. The summed E-state index contributed by atoms with van der Waals surface area (Å²) in [5, 5.41) is 9.15. The molecule has 0 aliphatic carbocycles. The van der Waals surface area contributed by atoms with Crippen LogP contribution in [-0.4, -0.2) is 23.3 Å². The third kappa shape index (κ3) is 7.50. The highest BCUT2D eigenvalue weighted by molar-refractivity contribution is 8.00. The molecule has 0 aliphatic heterocycles. The van der Waals surface area contributed by atoms with Gasteiger partial charge in [0.2, 0.25) is 11.8 Å². The van der Waals surface area contributed by atoms with Crippen LogP contribution >= 0.6 is 11.8 Å². The summed E-state index contributed by atoms with van der Waals surface area (Å²) in [5.74, 6) is 0.187. The van der Waals surface area contributed by atoms with Crippen molar-refractivity contribution in [3.8, 4) is 0 Å². The van der Waals surface area contributed by atoms with E-state index in [-0.39, 0.29) is 29.4 Å². The van der Waals surface area contributed by atoms with E-state index < -0.39 is 0 Å². The molecule has 0 aliphatic rings. The first-order valence-corrected chi connectivity index (χ1v) is 11.3. The summed E-state index contributed by atoms with van der Waals surface area (Å²) >= 11 is 1.28. The summed E-state index contributed by atoms with van der Waals surface area (Å²) in [6, 6.07) is 25.7. The third-order valence-corrected chi connectivity index (χ3v) is 5.55. The Balaban J connectivity index is 1.39. The van der Waals surface area contributed by atoms with Crippen molar-refractivity contribution < 1.29 is 9.59 Å². The van der Waals surface area contributed by atoms with E-state index in [0.29, 0.717) is 0 Å². The molecule has 3 N–H and O–H groups in total. The zero-order chi connectivity index (χ0) is 22.1. The Hall–Kier alpha value is -3.25. The number of carbonyl (C=O) groups excluding carboxylic acids is 2. The van der Waals surface area contributed by atoms with Gasteiger partial charge in [0.1, 0.15) is 0 Å². The summed E-state index contributed by atoms with van der Waals surface area (Å²) in [5.41, 5.74) is 4.78. The fourth-order valence-corrected chi connectivity index (χ4v) is 3.70. The van der Waals surface area contributed by atoms with Crippen LogP contribution in [-0.2, 0) is 9.59 Å². The van der Waals surface area contributed by atoms with Gasteiger partial charge in [-0.05, 0) is 61.4 Å². The number of rotatable bonds is 9. The number of carbonyl (C=O) groups is 2. The summed E-state index contributed by atoms with van der Waals surface area (Å²) in [6.07, 6.45) is 0. The number of aryl methyl sites for hydroxylation is 1. The van der Waals surface area contributed by atoms with Crippen molar-refractivity contribution in [1.29, 1.82) is 0 Å². The first-order valence-electron chi connectivity index (χ1n) is 10.2. The lowest BCUT2D eigenvalue weighted by molar-refractivity contribution is -0.114. The Bertz CT molecular complexity index is 1010. The second kappa shape index (κ2) is 11.2. The molecule has 0 bridgehead atoms. The molecular formula is C25H27N3O2S. The van der Waals surface area contributed by atoms with Crippen LogP contribution in [0.1, 0.15) is 24.1 Å². The van der Waals surface area contributed by atoms with Crippen LogP contribution in [0.2, 0.25) is 0 Å². The molecule has 5 nitrogen and oxygen atoms in total. The van der Waals surface area contributed by atoms with Crippen molar-refractivity contribution >= 4 is 40.6 Å². The molecule has 0 aromatic heterocycles. The van der Waals surface area contributed by atoms with Gasteiger partial charge in [-0.2, -0.15) is 0 Å². The maximum atomic E-state index is 12.2. The number of amides is 2. The van der Waals surface area contributed by atoms with Gasteiger partial charge < -0.3 is 16.0 Å². The Labute approximate surface area is 187 Å². The standard InChI is InChI=1S/C25H27N3O2S/c1-18-7-6-10-23(15-18)28-25(30)17-31-16-24(29)27-22-13-11-21(12-14-22)26-19(2)20-8-4-3-5-9-20/h3-15,19,26H,16-17H2,1-2H3,(H,27,29)(H,28,30). The van der Waals surface area contributed by atoms with Crippen LogP contribution in [0.4, 0.5) is 17.1 Å². The van der Waals surface area contributed by atoms with Gasteiger partial charge in [-0.15, -0.1) is 11.8 Å². The smallest absolute Gasteiger partial charge is 0.234 e. The van der Waals surface area contributed by atoms with Gasteiger partial charge in [-0.25, -0.2) is 0 Å². The number of thioether (sulfide) groups is 1. The molecule has 160 valence electrons. The number of nitrogens with one attached hydrogen (secondary N) is 3. The van der Waals surface area contributed by atoms with Crippen molar-refractivity contribution in [2.75, 3.05) is 27.5 Å². The highest BCUT2D eigenvalue weighted by atomic mass is 32.2. The van der Waals surface area contributed by atoms with Gasteiger partial charge in [0.25, 0.3) is 0 Å². The van der Waals surface area contributed by atoms with Crippen LogP contribution in [0.3, 0.4) is 0 Å². The van der Waals surface area contributed by atoms with Crippen LogP contribution in [0, 0.1) is 6.92 Å². The molecule has 0 saturated heterocycles. The van der Waals surface area contributed by atoms with Crippen LogP contribution in [0.5, 0.6) is 0 Å². The molecule has 0 heterocycles. The Kier molecular flexibility index (Phi) is 8.12. The first-order chi connectivity index (χ1) is 15.0. The second-order valence-electron chi connectivity index (χ2n) is 7.31. The van der Waals surface area contributed by atoms with Gasteiger partial charge >= 0.3 is 0 Å². The Morgan fingerprint density at radius 1 is 0.774 bits per heavy atom. The maximum absolute atomic E-state index is 12.2. The number of hydrogen-bond acceptors (Lipinski definition) is 4. The first kappa shape index (κ1) is 22.4. The molecule has 3 aromatic rings. The van der Waals surface area contributed by atoms with Crippen LogP contribution in [0.15, 0.2) is 78.9 Å². The molecule has 0 saturated carbocycles. The molecular weight excluding hydrogens is 406 g/mol. The summed E-state index contributed by atoms with van der Waals surface area (Å²) in [4.78, 5) is 24.2. The zero-order valence-electron chi connectivity index (χ0n) is 17.7. The van der Waals surface area contributed by atoms with Gasteiger partial charge in [-0.1, -0.05) is 42.5 Å². The fourth-order valence-electron chi connectivity index (χ4n) is 3.08. The highest BCUT2D eigenvalue weighted by Gasteiger charge is 2.08. The molecule has 1 atom stereocenters. The molecule has 2 amide bonds. The molecule has 0 spiro atoms. The summed E-state index contributed by atoms with van der Waals surface area (Å²) in [7, 11) is 0. The maximum Gasteiger partial charge on any atom is 0.234 e. The minimum Gasteiger partial charge on any atom is -0.379 e. The molecule has 1 unspecified atom stereocenters. The highest BCUT2D eigenvalue weighted by Crippen LogP contribution is 2.21. The van der Waals surface area contributed by atoms with E-state index in [1.54, 1.807) is 0 Å². The Morgan fingerprint density at radius 2 is 1.39 bits per heavy atom. The molecule has 0 fully saturated rings. The number of benzene rings is 3. The van der Waals surface area contributed by atoms with E-state index in [2.05, 4.69) is 35.0 Å². The summed E-state index contributed by atoms with van der Waals surface area (Å²) < 4.78 is 0. The summed E-state index contributed by atoms with van der Waals surface area (Å²) in [6.45, 7) is 4.08. The lowest BCUT2D eigenvalue weighted by Gasteiger charge is -2.16. The van der Waals surface area contributed by atoms with E-state index in [9.17, 15) is 9.59 Å². The van der Waals surface area contributed by atoms with Gasteiger partial charge in [0.15, 0.2) is 0 Å². The lowest BCUT2D eigenvalue weighted by atomic mass is 10.1. The minimum absolute atomic E-state index is 0.119.